The van der Waals surface area contributed by atoms with Crippen LogP contribution >= 0.6 is 0 Å². The van der Waals surface area contributed by atoms with Gasteiger partial charge in [-0.3, -0.25) is 14.4 Å². The van der Waals surface area contributed by atoms with E-state index in [-0.39, 0.29) is 42.7 Å². The first-order valence-corrected chi connectivity index (χ1v) is 9.17. The zero-order chi connectivity index (χ0) is 17.4. The largest absolute Gasteiger partial charge is 0.481 e. The number of hydrogen-bond acceptors (Lipinski definition) is 3. The first-order valence-electron chi connectivity index (χ1n) is 9.17. The van der Waals surface area contributed by atoms with Crippen molar-refractivity contribution in [3.05, 3.63) is 0 Å². The van der Waals surface area contributed by atoms with Crippen LogP contribution in [0, 0.1) is 23.7 Å². The number of aliphatic carboxylic acids is 1. The fourth-order valence-electron chi connectivity index (χ4n) is 4.53. The fourth-order valence-corrected chi connectivity index (χ4v) is 4.53. The maximum Gasteiger partial charge on any atom is 0.308 e. The summed E-state index contributed by atoms with van der Waals surface area (Å²) in [5.41, 5.74) is 0. The highest BCUT2D eigenvalue weighted by Gasteiger charge is 2.43. The van der Waals surface area contributed by atoms with Crippen LogP contribution in [0.3, 0.4) is 0 Å². The Morgan fingerprint density at radius 2 is 1.71 bits per heavy atom. The highest BCUT2D eigenvalue weighted by Crippen LogP contribution is 2.33. The maximum absolute atomic E-state index is 12.7. The molecule has 3 rings (SSSR count). The predicted molar refractivity (Wildman–Crippen MR) is 88.1 cm³/mol. The van der Waals surface area contributed by atoms with Crippen LogP contribution in [0.5, 0.6) is 0 Å². The molecule has 24 heavy (non-hydrogen) atoms. The van der Waals surface area contributed by atoms with Crippen molar-refractivity contribution in [1.82, 2.24) is 9.80 Å². The van der Waals surface area contributed by atoms with E-state index in [1.54, 1.807) is 4.90 Å². The molecule has 6 nitrogen and oxygen atoms in total. The average molecular weight is 336 g/mol. The van der Waals surface area contributed by atoms with Gasteiger partial charge in [-0.15, -0.1) is 0 Å². The third-order valence-electron chi connectivity index (χ3n) is 6.18. The summed E-state index contributed by atoms with van der Waals surface area (Å²) in [6.07, 6.45) is 4.66. The number of amides is 2. The number of hydrogen-bond donors (Lipinski definition) is 1. The van der Waals surface area contributed by atoms with Gasteiger partial charge in [0.1, 0.15) is 0 Å². The van der Waals surface area contributed by atoms with Gasteiger partial charge < -0.3 is 14.9 Å². The maximum atomic E-state index is 12.7. The molecule has 0 radical (unpaired) electrons. The average Bonchev–Trinajstić information content (AvgIpc) is 3.11. The molecule has 0 aromatic rings. The SMILES string of the molecule is CC1CCC(N2CC(C(=O)N3C[C@@H](C)[C@H](C(=O)O)C3)CC2=O)CC1. The molecule has 3 fully saturated rings. The second-order valence-electron chi connectivity index (χ2n) is 8.03. The molecule has 1 aliphatic carbocycles. The summed E-state index contributed by atoms with van der Waals surface area (Å²) in [7, 11) is 0. The van der Waals surface area contributed by atoms with E-state index in [4.69, 9.17) is 0 Å². The quantitative estimate of drug-likeness (QED) is 0.849. The molecule has 1 unspecified atom stereocenters. The van der Waals surface area contributed by atoms with Crippen molar-refractivity contribution in [1.29, 1.82) is 0 Å². The highest BCUT2D eigenvalue weighted by molar-refractivity contribution is 5.90. The Morgan fingerprint density at radius 3 is 2.29 bits per heavy atom. The van der Waals surface area contributed by atoms with Crippen LogP contribution < -0.4 is 0 Å². The zero-order valence-electron chi connectivity index (χ0n) is 14.6. The fraction of sp³-hybridized carbons (Fsp3) is 0.833. The summed E-state index contributed by atoms with van der Waals surface area (Å²) in [4.78, 5) is 39.9. The number of carbonyl (C=O) groups excluding carboxylic acids is 2. The van der Waals surface area contributed by atoms with Crippen molar-refractivity contribution in [2.45, 2.75) is 52.0 Å². The second-order valence-corrected chi connectivity index (χ2v) is 8.03. The van der Waals surface area contributed by atoms with Gasteiger partial charge in [-0.05, 0) is 37.5 Å². The van der Waals surface area contributed by atoms with E-state index >= 15 is 0 Å². The van der Waals surface area contributed by atoms with Crippen molar-refractivity contribution in [3.8, 4) is 0 Å². The minimum absolute atomic E-state index is 0.0283. The van der Waals surface area contributed by atoms with E-state index in [9.17, 15) is 19.5 Å². The molecular weight excluding hydrogens is 308 g/mol. The Labute approximate surface area is 143 Å². The molecule has 3 aliphatic rings. The molecule has 0 bridgehead atoms. The topological polar surface area (TPSA) is 77.9 Å². The lowest BCUT2D eigenvalue weighted by Crippen LogP contribution is -2.40. The molecule has 1 N–H and O–H groups in total. The summed E-state index contributed by atoms with van der Waals surface area (Å²) >= 11 is 0. The first-order chi connectivity index (χ1) is 11.4. The summed E-state index contributed by atoms with van der Waals surface area (Å²) in [6, 6.07) is 0.288. The lowest BCUT2D eigenvalue weighted by molar-refractivity contribution is -0.142. The van der Waals surface area contributed by atoms with E-state index in [1.165, 1.54) is 0 Å². The highest BCUT2D eigenvalue weighted by atomic mass is 16.4. The van der Waals surface area contributed by atoms with Crippen molar-refractivity contribution in [2.24, 2.45) is 23.7 Å². The number of likely N-dealkylation sites (tertiary alicyclic amines) is 2. The molecule has 0 spiro atoms. The lowest BCUT2D eigenvalue weighted by Gasteiger charge is -2.33. The van der Waals surface area contributed by atoms with E-state index in [0.717, 1.165) is 31.6 Å². The summed E-state index contributed by atoms with van der Waals surface area (Å²) in [6.45, 7) is 5.41. The Balaban J connectivity index is 1.59. The molecule has 134 valence electrons. The molecule has 0 aromatic carbocycles. The standard InChI is InChI=1S/C18H28N2O4/c1-11-3-5-14(6-4-11)20-9-13(7-16(20)21)17(22)19-8-12(2)15(10-19)18(23)24/h11-15H,3-10H2,1-2H3,(H,23,24)/t11?,12-,13?,14?,15-/m1/s1. The van der Waals surface area contributed by atoms with Crippen LogP contribution in [-0.2, 0) is 14.4 Å². The van der Waals surface area contributed by atoms with Crippen molar-refractivity contribution < 1.29 is 19.5 Å². The van der Waals surface area contributed by atoms with Gasteiger partial charge in [0.25, 0.3) is 0 Å². The van der Waals surface area contributed by atoms with Crippen LogP contribution in [0.1, 0.15) is 46.0 Å². The minimum atomic E-state index is -0.835. The number of carbonyl (C=O) groups is 3. The Kier molecular flexibility index (Phi) is 4.83. The van der Waals surface area contributed by atoms with E-state index < -0.39 is 11.9 Å². The molecule has 3 atom stereocenters. The van der Waals surface area contributed by atoms with E-state index in [1.807, 2.05) is 11.8 Å². The first kappa shape index (κ1) is 17.2. The van der Waals surface area contributed by atoms with E-state index in [0.29, 0.717) is 13.1 Å². The van der Waals surface area contributed by atoms with Crippen LogP contribution in [0.15, 0.2) is 0 Å². The number of carboxylic acids is 1. The van der Waals surface area contributed by atoms with Gasteiger partial charge in [0, 0.05) is 32.1 Å². The third-order valence-corrected chi connectivity index (χ3v) is 6.18. The number of rotatable bonds is 3. The molecule has 2 saturated heterocycles. The van der Waals surface area contributed by atoms with Crippen LogP contribution in [0.25, 0.3) is 0 Å². The molecular formula is C18H28N2O4. The molecule has 0 aromatic heterocycles. The predicted octanol–water partition coefficient (Wildman–Crippen LogP) is 1.59. The molecule has 2 heterocycles. The van der Waals surface area contributed by atoms with E-state index in [2.05, 4.69) is 6.92 Å². The summed E-state index contributed by atoms with van der Waals surface area (Å²) in [5.74, 6) is -0.854. The normalized spacial score (nSPS) is 37.1. The van der Waals surface area contributed by atoms with Gasteiger partial charge in [-0.25, -0.2) is 0 Å². The van der Waals surface area contributed by atoms with Gasteiger partial charge in [0.05, 0.1) is 11.8 Å². The van der Waals surface area contributed by atoms with Gasteiger partial charge in [0.15, 0.2) is 0 Å². The molecule has 2 amide bonds. The smallest absolute Gasteiger partial charge is 0.308 e. The third kappa shape index (κ3) is 3.28. The van der Waals surface area contributed by atoms with Gasteiger partial charge >= 0.3 is 5.97 Å². The summed E-state index contributed by atoms with van der Waals surface area (Å²) < 4.78 is 0. The Morgan fingerprint density at radius 1 is 1.04 bits per heavy atom. The molecule has 6 heteroatoms. The van der Waals surface area contributed by atoms with Crippen molar-refractivity contribution in [3.63, 3.8) is 0 Å². The zero-order valence-corrected chi connectivity index (χ0v) is 14.6. The molecule has 2 aliphatic heterocycles. The Hall–Kier alpha value is -1.59. The monoisotopic (exact) mass is 336 g/mol. The van der Waals surface area contributed by atoms with Crippen molar-refractivity contribution >= 4 is 17.8 Å². The summed E-state index contributed by atoms with van der Waals surface area (Å²) in [5, 5.41) is 9.22. The van der Waals surface area contributed by atoms with Gasteiger partial charge in [-0.2, -0.15) is 0 Å². The minimum Gasteiger partial charge on any atom is -0.481 e. The van der Waals surface area contributed by atoms with Gasteiger partial charge in [0.2, 0.25) is 11.8 Å². The second kappa shape index (κ2) is 6.73. The number of nitrogens with zero attached hydrogens (tertiary/aromatic N) is 2. The van der Waals surface area contributed by atoms with Crippen LogP contribution in [-0.4, -0.2) is 58.4 Å². The van der Waals surface area contributed by atoms with Crippen molar-refractivity contribution in [2.75, 3.05) is 19.6 Å². The van der Waals surface area contributed by atoms with Crippen LogP contribution in [0.4, 0.5) is 0 Å². The Bertz CT molecular complexity index is 527. The lowest BCUT2D eigenvalue weighted by atomic mass is 9.86. The van der Waals surface area contributed by atoms with Gasteiger partial charge in [-0.1, -0.05) is 13.8 Å². The number of carboxylic acid groups (broad SMARTS) is 1. The van der Waals surface area contributed by atoms with Crippen LogP contribution in [0.2, 0.25) is 0 Å². The molecule has 1 saturated carbocycles.